The quantitative estimate of drug-likeness (QED) is 0.835. The number of hydrogen-bond acceptors (Lipinski definition) is 3. The number of likely N-dealkylation sites (tertiary alicyclic amines) is 1. The van der Waals surface area contributed by atoms with Crippen LogP contribution in [0, 0.1) is 17.8 Å². The molecule has 1 aliphatic rings. The Hall–Kier alpha value is -2.77. The lowest BCUT2D eigenvalue weighted by Gasteiger charge is -2.31. The van der Waals surface area contributed by atoms with E-state index in [1.165, 1.54) is 0 Å². The maximum atomic E-state index is 12.5. The summed E-state index contributed by atoms with van der Waals surface area (Å²) >= 11 is 0. The van der Waals surface area contributed by atoms with Crippen molar-refractivity contribution in [2.45, 2.75) is 12.8 Å². The lowest BCUT2D eigenvalue weighted by atomic mass is 9.97. The molecule has 1 fully saturated rings. The zero-order valence-corrected chi connectivity index (χ0v) is 14.8. The summed E-state index contributed by atoms with van der Waals surface area (Å²) in [7, 11) is 0. The lowest BCUT2D eigenvalue weighted by molar-refractivity contribution is 0.0651. The van der Waals surface area contributed by atoms with Gasteiger partial charge in [0.1, 0.15) is 0 Å². The fraction of sp³-hybridized carbons (Fsp3) is 0.318. The average Bonchev–Trinajstić information content (AvgIpc) is 2.72. The van der Waals surface area contributed by atoms with Crippen molar-refractivity contribution < 1.29 is 9.90 Å². The number of anilines is 1. The Morgan fingerprint density at radius 2 is 1.77 bits per heavy atom. The Kier molecular flexibility index (Phi) is 6.29. The second-order valence-electron chi connectivity index (χ2n) is 6.52. The summed E-state index contributed by atoms with van der Waals surface area (Å²) in [6.45, 7) is 2.21. The Morgan fingerprint density at radius 3 is 2.42 bits per heavy atom. The van der Waals surface area contributed by atoms with E-state index in [-0.39, 0.29) is 12.5 Å². The highest BCUT2D eigenvalue weighted by molar-refractivity contribution is 5.94. The van der Waals surface area contributed by atoms with Gasteiger partial charge in [0.25, 0.3) is 5.91 Å². The summed E-state index contributed by atoms with van der Waals surface area (Å²) < 4.78 is 0. The van der Waals surface area contributed by atoms with E-state index in [9.17, 15) is 9.90 Å². The van der Waals surface area contributed by atoms with Crippen molar-refractivity contribution in [2.75, 3.05) is 31.6 Å². The van der Waals surface area contributed by atoms with Crippen molar-refractivity contribution in [3.8, 4) is 11.8 Å². The van der Waals surface area contributed by atoms with Crippen molar-refractivity contribution in [3.05, 3.63) is 65.7 Å². The van der Waals surface area contributed by atoms with Crippen molar-refractivity contribution in [1.29, 1.82) is 0 Å². The van der Waals surface area contributed by atoms with Gasteiger partial charge >= 0.3 is 0 Å². The molecule has 0 bridgehead atoms. The summed E-state index contributed by atoms with van der Waals surface area (Å²) in [6.07, 6.45) is 1.75. The van der Waals surface area contributed by atoms with Crippen LogP contribution in [0.25, 0.3) is 0 Å². The maximum Gasteiger partial charge on any atom is 0.253 e. The zero-order valence-electron chi connectivity index (χ0n) is 14.8. The second-order valence-corrected chi connectivity index (χ2v) is 6.52. The van der Waals surface area contributed by atoms with E-state index in [1.54, 1.807) is 0 Å². The van der Waals surface area contributed by atoms with Gasteiger partial charge in [-0.2, -0.15) is 0 Å². The van der Waals surface area contributed by atoms with Crippen LogP contribution in [0.15, 0.2) is 54.6 Å². The minimum absolute atomic E-state index is 0.0665. The zero-order chi connectivity index (χ0) is 18.2. The van der Waals surface area contributed by atoms with Gasteiger partial charge < -0.3 is 15.3 Å². The van der Waals surface area contributed by atoms with Crippen molar-refractivity contribution in [3.63, 3.8) is 0 Å². The molecular formula is C22H24N2O2. The number of aliphatic hydroxyl groups excluding tert-OH is 1. The average molecular weight is 348 g/mol. The molecule has 0 spiro atoms. The van der Waals surface area contributed by atoms with E-state index < -0.39 is 0 Å². The molecule has 1 saturated heterocycles. The number of aliphatic hydroxyl groups is 1. The van der Waals surface area contributed by atoms with Crippen LogP contribution in [-0.2, 0) is 0 Å². The molecule has 2 aromatic carbocycles. The highest BCUT2D eigenvalue weighted by atomic mass is 16.3. The lowest BCUT2D eigenvalue weighted by Crippen LogP contribution is -2.39. The molecule has 0 saturated carbocycles. The van der Waals surface area contributed by atoms with Gasteiger partial charge in [-0.15, -0.1) is 0 Å². The molecule has 4 nitrogen and oxygen atoms in total. The number of amides is 1. The fourth-order valence-electron chi connectivity index (χ4n) is 3.05. The Balaban J connectivity index is 1.50. The topological polar surface area (TPSA) is 52.6 Å². The molecule has 1 heterocycles. The van der Waals surface area contributed by atoms with E-state index >= 15 is 0 Å². The van der Waals surface area contributed by atoms with Gasteiger partial charge in [-0.1, -0.05) is 30.0 Å². The van der Waals surface area contributed by atoms with Gasteiger partial charge in [0.05, 0.1) is 6.54 Å². The predicted molar refractivity (Wildman–Crippen MR) is 104 cm³/mol. The van der Waals surface area contributed by atoms with Crippen LogP contribution in [-0.4, -0.2) is 42.2 Å². The molecule has 1 amide bonds. The molecule has 0 aromatic heterocycles. The second kappa shape index (κ2) is 9.07. The normalized spacial score (nSPS) is 14.4. The first-order valence-electron chi connectivity index (χ1n) is 9.04. The van der Waals surface area contributed by atoms with Crippen LogP contribution in [0.2, 0.25) is 0 Å². The van der Waals surface area contributed by atoms with Crippen LogP contribution in [0.1, 0.15) is 28.8 Å². The van der Waals surface area contributed by atoms with Crippen LogP contribution < -0.4 is 5.32 Å². The summed E-state index contributed by atoms with van der Waals surface area (Å²) in [5, 5.41) is 12.4. The van der Waals surface area contributed by atoms with E-state index in [0.29, 0.717) is 18.0 Å². The molecule has 0 atom stereocenters. The highest BCUT2D eigenvalue weighted by Crippen LogP contribution is 2.19. The van der Waals surface area contributed by atoms with E-state index in [4.69, 9.17) is 0 Å². The van der Waals surface area contributed by atoms with Crippen LogP contribution in [0.4, 0.5) is 5.69 Å². The van der Waals surface area contributed by atoms with E-state index in [0.717, 1.165) is 37.2 Å². The smallest absolute Gasteiger partial charge is 0.253 e. The standard InChI is InChI=1S/C22H24N2O2/c25-17-19-12-15-24(16-13-19)22(26)20-8-10-21(11-9-20)23-14-4-7-18-5-2-1-3-6-18/h1-3,5-6,8-11,19,23,25H,12-17H2. The minimum atomic E-state index is 0.0665. The van der Waals surface area contributed by atoms with Gasteiger partial charge in [-0.25, -0.2) is 0 Å². The molecule has 2 aromatic rings. The molecule has 26 heavy (non-hydrogen) atoms. The van der Waals surface area contributed by atoms with Crippen molar-refractivity contribution in [1.82, 2.24) is 4.90 Å². The minimum Gasteiger partial charge on any atom is -0.396 e. The van der Waals surface area contributed by atoms with Gasteiger partial charge in [0.2, 0.25) is 0 Å². The molecule has 3 rings (SSSR count). The van der Waals surface area contributed by atoms with Crippen LogP contribution >= 0.6 is 0 Å². The maximum absolute atomic E-state index is 12.5. The van der Waals surface area contributed by atoms with Gasteiger partial charge in [-0.05, 0) is 55.2 Å². The molecule has 0 radical (unpaired) electrons. The number of nitrogens with zero attached hydrogens (tertiary/aromatic N) is 1. The molecule has 2 N–H and O–H groups in total. The molecule has 1 aliphatic heterocycles. The Labute approximate surface area is 154 Å². The first kappa shape index (κ1) is 18.0. The molecule has 134 valence electrons. The highest BCUT2D eigenvalue weighted by Gasteiger charge is 2.22. The first-order chi connectivity index (χ1) is 12.8. The molecule has 0 unspecified atom stereocenters. The SMILES string of the molecule is O=C(c1ccc(NCC#Cc2ccccc2)cc1)N1CCC(CO)CC1. The third kappa shape index (κ3) is 4.87. The van der Waals surface area contributed by atoms with Gasteiger partial charge in [0, 0.05) is 36.5 Å². The largest absolute Gasteiger partial charge is 0.396 e. The molecule has 4 heteroatoms. The number of piperidine rings is 1. The Bertz CT molecular complexity index is 767. The summed E-state index contributed by atoms with van der Waals surface area (Å²) in [5.74, 6) is 6.60. The van der Waals surface area contributed by atoms with Crippen LogP contribution in [0.5, 0.6) is 0 Å². The number of benzene rings is 2. The number of rotatable bonds is 4. The number of carbonyl (C=O) groups is 1. The summed E-state index contributed by atoms with van der Waals surface area (Å²) in [4.78, 5) is 14.4. The number of nitrogens with one attached hydrogen (secondary N) is 1. The third-order valence-corrected chi connectivity index (χ3v) is 4.68. The third-order valence-electron chi connectivity index (χ3n) is 4.68. The summed E-state index contributed by atoms with van der Waals surface area (Å²) in [5.41, 5.74) is 2.65. The molecular weight excluding hydrogens is 324 g/mol. The molecule has 0 aliphatic carbocycles. The van der Waals surface area contributed by atoms with E-state index in [2.05, 4.69) is 17.2 Å². The van der Waals surface area contributed by atoms with Gasteiger partial charge in [0.15, 0.2) is 0 Å². The number of hydrogen-bond donors (Lipinski definition) is 2. The Morgan fingerprint density at radius 1 is 1.08 bits per heavy atom. The first-order valence-corrected chi connectivity index (χ1v) is 9.04. The van der Waals surface area contributed by atoms with E-state index in [1.807, 2.05) is 59.5 Å². The van der Waals surface area contributed by atoms with Crippen molar-refractivity contribution in [2.24, 2.45) is 5.92 Å². The monoisotopic (exact) mass is 348 g/mol. The van der Waals surface area contributed by atoms with Gasteiger partial charge in [-0.3, -0.25) is 4.79 Å². The summed E-state index contributed by atoms with van der Waals surface area (Å²) in [6, 6.07) is 17.4. The van der Waals surface area contributed by atoms with Crippen LogP contribution in [0.3, 0.4) is 0 Å². The number of carbonyl (C=O) groups excluding carboxylic acids is 1. The fourth-order valence-corrected chi connectivity index (χ4v) is 3.05. The predicted octanol–water partition coefficient (Wildman–Crippen LogP) is 2.99. The van der Waals surface area contributed by atoms with Crippen molar-refractivity contribution >= 4 is 11.6 Å².